The second-order valence-electron chi connectivity index (χ2n) is 5.11. The van der Waals surface area contributed by atoms with E-state index in [0.717, 1.165) is 12.0 Å². The highest BCUT2D eigenvalue weighted by Gasteiger charge is 2.21. The third-order valence-electron chi connectivity index (χ3n) is 3.08. The Bertz CT molecular complexity index is 498. The van der Waals surface area contributed by atoms with Crippen LogP contribution in [0.1, 0.15) is 46.5 Å². The number of hydrogen-bond acceptors (Lipinski definition) is 3. The number of rotatable bonds is 6. The summed E-state index contributed by atoms with van der Waals surface area (Å²) in [5.74, 6) is -0.776. The lowest BCUT2D eigenvalue weighted by molar-refractivity contribution is 0.0789. The molecule has 0 aliphatic carbocycles. The molecule has 5 nitrogen and oxygen atoms in total. The van der Waals surface area contributed by atoms with E-state index in [2.05, 4.69) is 0 Å². The van der Waals surface area contributed by atoms with Crippen LogP contribution in [0.2, 0.25) is 0 Å². The molecule has 0 radical (unpaired) electrons. The van der Waals surface area contributed by atoms with Crippen molar-refractivity contribution in [2.45, 2.75) is 32.7 Å². The molecule has 4 N–H and O–H groups in total. The molecule has 0 aliphatic rings. The molecule has 0 saturated heterocycles. The molecule has 0 saturated carbocycles. The third kappa shape index (κ3) is 3.81. The van der Waals surface area contributed by atoms with Crippen LogP contribution in [0.4, 0.5) is 0 Å². The van der Waals surface area contributed by atoms with Gasteiger partial charge in [0.2, 0.25) is 5.91 Å². The SMILES string of the molecule is CCCN(C)C(=O)c1cccc(CC(C)N)c1C(N)=O. The maximum absolute atomic E-state index is 12.4. The van der Waals surface area contributed by atoms with Crippen molar-refractivity contribution in [1.82, 2.24) is 4.90 Å². The van der Waals surface area contributed by atoms with Gasteiger partial charge >= 0.3 is 0 Å². The van der Waals surface area contributed by atoms with Gasteiger partial charge in [0, 0.05) is 19.6 Å². The van der Waals surface area contributed by atoms with Crippen LogP contribution in [0.3, 0.4) is 0 Å². The maximum atomic E-state index is 12.4. The molecule has 0 spiro atoms. The largest absolute Gasteiger partial charge is 0.366 e. The van der Waals surface area contributed by atoms with Crippen LogP contribution in [-0.4, -0.2) is 36.3 Å². The normalized spacial score (nSPS) is 12.0. The van der Waals surface area contributed by atoms with Gasteiger partial charge in [0.15, 0.2) is 0 Å². The van der Waals surface area contributed by atoms with E-state index in [4.69, 9.17) is 11.5 Å². The molecule has 20 heavy (non-hydrogen) atoms. The molecule has 0 fully saturated rings. The smallest absolute Gasteiger partial charge is 0.254 e. The summed E-state index contributed by atoms with van der Waals surface area (Å²) in [5.41, 5.74) is 12.6. The Morgan fingerprint density at radius 2 is 2.00 bits per heavy atom. The number of nitrogens with zero attached hydrogens (tertiary/aromatic N) is 1. The maximum Gasteiger partial charge on any atom is 0.254 e. The van der Waals surface area contributed by atoms with E-state index in [1.54, 1.807) is 30.1 Å². The van der Waals surface area contributed by atoms with Crippen molar-refractivity contribution in [3.8, 4) is 0 Å². The fourth-order valence-electron chi connectivity index (χ4n) is 2.23. The van der Waals surface area contributed by atoms with Crippen molar-refractivity contribution >= 4 is 11.8 Å². The Kier molecular flexibility index (Phi) is 5.70. The van der Waals surface area contributed by atoms with Gasteiger partial charge in [-0.3, -0.25) is 9.59 Å². The van der Waals surface area contributed by atoms with Crippen molar-refractivity contribution in [3.63, 3.8) is 0 Å². The first kappa shape index (κ1) is 16.2. The molecular weight excluding hydrogens is 254 g/mol. The molecule has 1 rings (SSSR count). The average molecular weight is 277 g/mol. The first-order valence-electron chi connectivity index (χ1n) is 6.81. The Balaban J connectivity index is 3.25. The molecule has 1 aromatic carbocycles. The first-order chi connectivity index (χ1) is 9.38. The van der Waals surface area contributed by atoms with E-state index < -0.39 is 5.91 Å². The number of hydrogen-bond donors (Lipinski definition) is 2. The van der Waals surface area contributed by atoms with E-state index in [1.165, 1.54) is 0 Å². The number of benzene rings is 1. The van der Waals surface area contributed by atoms with Crippen LogP contribution in [0.25, 0.3) is 0 Å². The topological polar surface area (TPSA) is 89.4 Å². The van der Waals surface area contributed by atoms with E-state index in [1.807, 2.05) is 13.8 Å². The molecule has 110 valence electrons. The van der Waals surface area contributed by atoms with Gasteiger partial charge in [0.25, 0.3) is 5.91 Å². The summed E-state index contributed by atoms with van der Waals surface area (Å²) in [6, 6.07) is 5.09. The van der Waals surface area contributed by atoms with Gasteiger partial charge < -0.3 is 16.4 Å². The minimum absolute atomic E-state index is 0.105. The van der Waals surface area contributed by atoms with E-state index >= 15 is 0 Å². The number of primary amides is 1. The average Bonchev–Trinajstić information content (AvgIpc) is 2.36. The Morgan fingerprint density at radius 1 is 1.35 bits per heavy atom. The molecule has 0 heterocycles. The van der Waals surface area contributed by atoms with Crippen LogP contribution in [0, 0.1) is 0 Å². The summed E-state index contributed by atoms with van der Waals surface area (Å²) in [4.78, 5) is 25.7. The number of amides is 2. The third-order valence-corrected chi connectivity index (χ3v) is 3.08. The minimum atomic E-state index is -0.588. The summed E-state index contributed by atoms with van der Waals surface area (Å²) in [5, 5.41) is 0. The highest BCUT2D eigenvalue weighted by atomic mass is 16.2. The van der Waals surface area contributed by atoms with Gasteiger partial charge in [-0.1, -0.05) is 19.1 Å². The highest BCUT2D eigenvalue weighted by Crippen LogP contribution is 2.18. The second kappa shape index (κ2) is 7.05. The van der Waals surface area contributed by atoms with Crippen LogP contribution in [-0.2, 0) is 6.42 Å². The zero-order valence-corrected chi connectivity index (χ0v) is 12.3. The molecular formula is C15H23N3O2. The van der Waals surface area contributed by atoms with Crippen molar-refractivity contribution in [2.24, 2.45) is 11.5 Å². The predicted octanol–water partition coefficient (Wildman–Crippen LogP) is 1.16. The van der Waals surface area contributed by atoms with Gasteiger partial charge in [-0.15, -0.1) is 0 Å². The summed E-state index contributed by atoms with van der Waals surface area (Å²) >= 11 is 0. The number of carbonyl (C=O) groups is 2. The molecule has 0 aliphatic heterocycles. The zero-order valence-electron chi connectivity index (χ0n) is 12.3. The predicted molar refractivity (Wildman–Crippen MR) is 79.6 cm³/mol. The van der Waals surface area contributed by atoms with Crippen molar-refractivity contribution in [2.75, 3.05) is 13.6 Å². The Labute approximate surface area is 119 Å². The fourth-order valence-corrected chi connectivity index (χ4v) is 2.23. The van der Waals surface area contributed by atoms with Gasteiger partial charge in [-0.2, -0.15) is 0 Å². The van der Waals surface area contributed by atoms with Gasteiger partial charge in [0.1, 0.15) is 0 Å². The molecule has 1 unspecified atom stereocenters. The van der Waals surface area contributed by atoms with Gasteiger partial charge in [0.05, 0.1) is 11.1 Å². The monoisotopic (exact) mass is 277 g/mol. The molecule has 5 heteroatoms. The van der Waals surface area contributed by atoms with Crippen molar-refractivity contribution in [1.29, 1.82) is 0 Å². The molecule has 0 aromatic heterocycles. The summed E-state index contributed by atoms with van der Waals surface area (Å²) < 4.78 is 0. The van der Waals surface area contributed by atoms with Crippen molar-refractivity contribution in [3.05, 3.63) is 34.9 Å². The van der Waals surface area contributed by atoms with Crippen LogP contribution >= 0.6 is 0 Å². The molecule has 0 bridgehead atoms. The lowest BCUT2D eigenvalue weighted by atomic mass is 9.95. The van der Waals surface area contributed by atoms with Crippen LogP contribution in [0.15, 0.2) is 18.2 Å². The zero-order chi connectivity index (χ0) is 15.3. The molecule has 2 amide bonds. The Morgan fingerprint density at radius 3 is 2.50 bits per heavy atom. The first-order valence-corrected chi connectivity index (χ1v) is 6.81. The van der Waals surface area contributed by atoms with E-state index in [-0.39, 0.29) is 17.5 Å². The van der Waals surface area contributed by atoms with Gasteiger partial charge in [-0.25, -0.2) is 0 Å². The highest BCUT2D eigenvalue weighted by molar-refractivity contribution is 6.07. The number of carbonyl (C=O) groups excluding carboxylic acids is 2. The van der Waals surface area contributed by atoms with Crippen molar-refractivity contribution < 1.29 is 9.59 Å². The summed E-state index contributed by atoms with van der Waals surface area (Å²) in [7, 11) is 1.72. The Hall–Kier alpha value is -1.88. The molecule has 1 atom stereocenters. The van der Waals surface area contributed by atoms with Crippen LogP contribution in [0.5, 0.6) is 0 Å². The number of nitrogens with two attached hydrogens (primary N) is 2. The van der Waals surface area contributed by atoms with Crippen LogP contribution < -0.4 is 11.5 Å². The second-order valence-corrected chi connectivity index (χ2v) is 5.11. The lowest BCUT2D eigenvalue weighted by Gasteiger charge is -2.19. The summed E-state index contributed by atoms with van der Waals surface area (Å²) in [6.45, 7) is 4.47. The molecule has 1 aromatic rings. The van der Waals surface area contributed by atoms with E-state index in [0.29, 0.717) is 18.5 Å². The minimum Gasteiger partial charge on any atom is -0.366 e. The fraction of sp³-hybridized carbons (Fsp3) is 0.467. The lowest BCUT2D eigenvalue weighted by Crippen LogP contribution is -2.31. The summed E-state index contributed by atoms with van der Waals surface area (Å²) in [6.07, 6.45) is 1.37. The standard InChI is InChI=1S/C15H23N3O2/c1-4-8-18(3)15(20)12-7-5-6-11(9-10(2)16)13(12)14(17)19/h5-7,10H,4,8-9,16H2,1-3H3,(H2,17,19). The van der Waals surface area contributed by atoms with Gasteiger partial charge in [-0.05, 0) is 31.4 Å². The van der Waals surface area contributed by atoms with E-state index in [9.17, 15) is 9.59 Å². The quantitative estimate of drug-likeness (QED) is 0.817.